The molecule has 0 radical (unpaired) electrons. The Hall–Kier alpha value is -2.51. The maximum atomic E-state index is 13.0. The number of alkyl halides is 3. The third kappa shape index (κ3) is 2.88. The van der Waals surface area contributed by atoms with E-state index in [4.69, 9.17) is 0 Å². The van der Waals surface area contributed by atoms with Gasteiger partial charge < -0.3 is 15.0 Å². The molecular weight excluding hydrogens is 311 g/mol. The first-order chi connectivity index (χ1) is 10.9. The number of aromatic amines is 1. The maximum Gasteiger partial charge on any atom is 0.420 e. The second kappa shape index (κ2) is 5.60. The zero-order chi connectivity index (χ0) is 16.6. The van der Waals surface area contributed by atoms with Crippen LogP contribution in [-0.4, -0.2) is 21.6 Å². The van der Waals surface area contributed by atoms with Gasteiger partial charge in [-0.25, -0.2) is 0 Å². The number of rotatable bonds is 2. The van der Waals surface area contributed by atoms with E-state index in [1.54, 1.807) is 29.3 Å². The second-order valence-corrected chi connectivity index (χ2v) is 5.35. The van der Waals surface area contributed by atoms with E-state index >= 15 is 0 Å². The molecule has 8 heteroatoms. The zero-order valence-corrected chi connectivity index (χ0v) is 12.0. The van der Waals surface area contributed by atoms with E-state index in [0.717, 1.165) is 24.6 Å². The van der Waals surface area contributed by atoms with Gasteiger partial charge in [0.15, 0.2) is 5.75 Å². The molecule has 0 amide bonds. The summed E-state index contributed by atoms with van der Waals surface area (Å²) in [5.41, 5.74) is -1.75. The molecule has 23 heavy (non-hydrogen) atoms. The number of aromatic nitrogens is 2. The molecule has 2 aromatic rings. The number of nitrogens with one attached hydrogen (secondary N) is 1. The molecular formula is C15H14F3N3O2. The lowest BCUT2D eigenvalue weighted by molar-refractivity contribution is -0.138. The smallest absolute Gasteiger partial charge is 0.420 e. The fourth-order valence-electron chi connectivity index (χ4n) is 2.85. The number of nitrogens with zero attached hydrogens (tertiary/aromatic N) is 2. The van der Waals surface area contributed by atoms with Gasteiger partial charge in [-0.1, -0.05) is 6.07 Å². The van der Waals surface area contributed by atoms with E-state index in [1.807, 2.05) is 0 Å². The molecule has 0 aliphatic carbocycles. The van der Waals surface area contributed by atoms with Crippen LogP contribution in [0.1, 0.15) is 30.1 Å². The minimum atomic E-state index is -4.80. The highest BCUT2D eigenvalue weighted by Crippen LogP contribution is 2.38. The standard InChI is InChI=1S/C15H14F3N3O2/c16-15(17,18)9-8-12(20-14(23)13(9)22)21-7-3-5-11(21)10-4-1-2-6-19-10/h1-2,4,6,8,11,22H,3,5,7H2,(H,20,23). The number of hydrogen-bond donors (Lipinski definition) is 2. The molecule has 0 aromatic carbocycles. The molecule has 0 saturated carbocycles. The van der Waals surface area contributed by atoms with Crippen molar-refractivity contribution in [3.63, 3.8) is 0 Å². The first-order valence-electron chi connectivity index (χ1n) is 7.09. The van der Waals surface area contributed by atoms with Crippen LogP contribution in [0.2, 0.25) is 0 Å². The van der Waals surface area contributed by atoms with Gasteiger partial charge in [-0.2, -0.15) is 13.2 Å². The van der Waals surface area contributed by atoms with E-state index in [2.05, 4.69) is 9.97 Å². The number of H-pyrrole nitrogens is 1. The Bertz CT molecular complexity index is 759. The van der Waals surface area contributed by atoms with E-state index < -0.39 is 23.0 Å². The molecule has 1 aliphatic heterocycles. The average molecular weight is 325 g/mol. The van der Waals surface area contributed by atoms with Gasteiger partial charge in [-0.3, -0.25) is 9.78 Å². The monoisotopic (exact) mass is 325 g/mol. The first kappa shape index (κ1) is 15.4. The molecule has 1 fully saturated rings. The highest BCUT2D eigenvalue weighted by atomic mass is 19.4. The van der Waals surface area contributed by atoms with Crippen LogP contribution in [0.3, 0.4) is 0 Å². The number of pyridine rings is 2. The first-order valence-corrected chi connectivity index (χ1v) is 7.09. The third-order valence-electron chi connectivity index (χ3n) is 3.89. The molecule has 1 aliphatic rings. The van der Waals surface area contributed by atoms with Crippen molar-refractivity contribution in [2.24, 2.45) is 0 Å². The largest absolute Gasteiger partial charge is 0.503 e. The normalized spacial score (nSPS) is 18.4. The predicted molar refractivity (Wildman–Crippen MR) is 77.3 cm³/mol. The Morgan fingerprint density at radius 2 is 2.13 bits per heavy atom. The minimum absolute atomic E-state index is 0.0354. The molecule has 2 N–H and O–H groups in total. The molecule has 3 heterocycles. The van der Waals surface area contributed by atoms with Gasteiger partial charge in [0, 0.05) is 12.7 Å². The van der Waals surface area contributed by atoms with Crippen molar-refractivity contribution in [3.05, 3.63) is 52.1 Å². The van der Waals surface area contributed by atoms with Crippen LogP contribution in [0.15, 0.2) is 35.3 Å². The number of anilines is 1. The van der Waals surface area contributed by atoms with Crippen LogP contribution in [0, 0.1) is 0 Å². The summed E-state index contributed by atoms with van der Waals surface area (Å²) >= 11 is 0. The van der Waals surface area contributed by atoms with Crippen molar-refractivity contribution in [3.8, 4) is 5.75 Å². The Morgan fingerprint density at radius 3 is 2.78 bits per heavy atom. The Morgan fingerprint density at radius 1 is 1.35 bits per heavy atom. The summed E-state index contributed by atoms with van der Waals surface area (Å²) in [6, 6.07) is 5.92. The second-order valence-electron chi connectivity index (χ2n) is 5.35. The topological polar surface area (TPSA) is 69.2 Å². The average Bonchev–Trinajstić information content (AvgIpc) is 2.99. The quantitative estimate of drug-likeness (QED) is 0.891. The summed E-state index contributed by atoms with van der Waals surface area (Å²) in [5.74, 6) is -1.27. The van der Waals surface area contributed by atoms with Crippen molar-refractivity contribution in [2.75, 3.05) is 11.4 Å². The van der Waals surface area contributed by atoms with E-state index in [9.17, 15) is 23.1 Å². The molecule has 1 saturated heterocycles. The molecule has 2 aromatic heterocycles. The molecule has 3 rings (SSSR count). The molecule has 0 bridgehead atoms. The summed E-state index contributed by atoms with van der Waals surface area (Å²) in [5, 5.41) is 9.39. The summed E-state index contributed by atoms with van der Waals surface area (Å²) in [6.45, 7) is 0.499. The van der Waals surface area contributed by atoms with Gasteiger partial charge >= 0.3 is 6.18 Å². The van der Waals surface area contributed by atoms with Crippen molar-refractivity contribution in [1.82, 2.24) is 9.97 Å². The van der Waals surface area contributed by atoms with Crippen molar-refractivity contribution in [1.29, 1.82) is 0 Å². The van der Waals surface area contributed by atoms with Gasteiger partial charge in [0.1, 0.15) is 11.4 Å². The fourth-order valence-corrected chi connectivity index (χ4v) is 2.85. The van der Waals surface area contributed by atoms with Crippen LogP contribution in [-0.2, 0) is 6.18 Å². The van der Waals surface area contributed by atoms with Crippen LogP contribution in [0.5, 0.6) is 5.75 Å². The minimum Gasteiger partial charge on any atom is -0.503 e. The highest BCUT2D eigenvalue weighted by Gasteiger charge is 2.37. The number of halogens is 3. The Labute approximate surface area is 129 Å². The fraction of sp³-hybridized carbons (Fsp3) is 0.333. The van der Waals surface area contributed by atoms with Crippen LogP contribution in [0.25, 0.3) is 0 Å². The van der Waals surface area contributed by atoms with Crippen LogP contribution >= 0.6 is 0 Å². The van der Waals surface area contributed by atoms with Gasteiger partial charge in [-0.05, 0) is 31.0 Å². The summed E-state index contributed by atoms with van der Waals surface area (Å²) in [4.78, 5) is 19.9. The van der Waals surface area contributed by atoms with E-state index in [0.29, 0.717) is 6.54 Å². The van der Waals surface area contributed by atoms with Gasteiger partial charge in [-0.15, -0.1) is 0 Å². The molecule has 1 atom stereocenters. The zero-order valence-electron chi connectivity index (χ0n) is 12.0. The number of aromatic hydroxyl groups is 1. The van der Waals surface area contributed by atoms with Crippen LogP contribution < -0.4 is 10.5 Å². The third-order valence-corrected chi connectivity index (χ3v) is 3.89. The summed E-state index contributed by atoms with van der Waals surface area (Å²) in [7, 11) is 0. The Kier molecular flexibility index (Phi) is 3.75. The highest BCUT2D eigenvalue weighted by molar-refractivity contribution is 5.49. The summed E-state index contributed by atoms with van der Waals surface area (Å²) < 4.78 is 38.9. The van der Waals surface area contributed by atoms with Gasteiger partial charge in [0.25, 0.3) is 5.56 Å². The maximum absolute atomic E-state index is 13.0. The molecule has 122 valence electrons. The molecule has 1 unspecified atom stereocenters. The van der Waals surface area contributed by atoms with Crippen LogP contribution in [0.4, 0.5) is 19.0 Å². The lowest BCUT2D eigenvalue weighted by atomic mass is 10.1. The van der Waals surface area contributed by atoms with E-state index in [-0.39, 0.29) is 11.9 Å². The van der Waals surface area contributed by atoms with Gasteiger partial charge in [0.2, 0.25) is 0 Å². The van der Waals surface area contributed by atoms with Crippen molar-refractivity contribution in [2.45, 2.75) is 25.1 Å². The lowest BCUT2D eigenvalue weighted by Gasteiger charge is -2.26. The Balaban J connectivity index is 2.04. The number of hydrogen-bond acceptors (Lipinski definition) is 4. The SMILES string of the molecule is O=c1[nH]c(N2CCCC2c2ccccn2)cc(C(F)(F)F)c1O. The van der Waals surface area contributed by atoms with Crippen molar-refractivity contribution >= 4 is 5.82 Å². The predicted octanol–water partition coefficient (Wildman–Crippen LogP) is 2.84. The van der Waals surface area contributed by atoms with Gasteiger partial charge in [0.05, 0.1) is 11.7 Å². The molecule has 0 spiro atoms. The van der Waals surface area contributed by atoms with Crippen molar-refractivity contribution < 1.29 is 18.3 Å². The van der Waals surface area contributed by atoms with E-state index in [1.165, 1.54) is 0 Å². The lowest BCUT2D eigenvalue weighted by Crippen LogP contribution is -2.27. The summed E-state index contributed by atoms with van der Waals surface area (Å²) in [6.07, 6.45) is -1.69. The molecule has 5 nitrogen and oxygen atoms in total.